The molecule has 0 aliphatic rings. The minimum atomic E-state index is -1.06. The number of hydrogen-bond donors (Lipinski definition) is 2. The van der Waals surface area contributed by atoms with Crippen LogP contribution in [0.1, 0.15) is 31.8 Å². The van der Waals surface area contributed by atoms with Crippen LogP contribution in [0.25, 0.3) is 0 Å². The lowest BCUT2D eigenvalue weighted by molar-refractivity contribution is 0.0696. The van der Waals surface area contributed by atoms with Crippen molar-refractivity contribution in [3.63, 3.8) is 0 Å². The molecule has 102 valence electrons. The highest BCUT2D eigenvalue weighted by Crippen LogP contribution is 2.15. The molecular weight excluding hydrogens is 256 g/mol. The number of carboxylic acids is 1. The Morgan fingerprint density at radius 2 is 1.80 bits per heavy atom. The Morgan fingerprint density at radius 1 is 1.15 bits per heavy atom. The largest absolute Gasteiger partial charge is 0.478 e. The summed E-state index contributed by atoms with van der Waals surface area (Å²) in [6, 6.07) is 8.28. The van der Waals surface area contributed by atoms with Crippen LogP contribution in [0.5, 0.6) is 0 Å². The number of benzene rings is 1. The number of nitrogens with zero attached hydrogens (tertiary/aromatic N) is 1. The van der Waals surface area contributed by atoms with Crippen molar-refractivity contribution >= 4 is 17.7 Å². The van der Waals surface area contributed by atoms with Gasteiger partial charge in [0, 0.05) is 11.8 Å². The van der Waals surface area contributed by atoms with Gasteiger partial charge in [0.15, 0.2) is 0 Å². The first-order valence-corrected chi connectivity index (χ1v) is 6.06. The summed E-state index contributed by atoms with van der Waals surface area (Å²) >= 11 is 0. The van der Waals surface area contributed by atoms with Gasteiger partial charge in [-0.15, -0.1) is 0 Å². The number of pyridine rings is 1. The molecule has 1 aromatic heterocycles. The molecule has 2 rings (SSSR count). The smallest absolute Gasteiger partial charge is 0.335 e. The number of aromatic nitrogens is 1. The number of hydrogen-bond acceptors (Lipinski definition) is 3. The zero-order valence-corrected chi connectivity index (χ0v) is 11.2. The van der Waals surface area contributed by atoms with Crippen LogP contribution in [-0.4, -0.2) is 22.0 Å². The van der Waals surface area contributed by atoms with Crippen LogP contribution in [0.2, 0.25) is 0 Å². The Hall–Kier alpha value is -2.69. The summed E-state index contributed by atoms with van der Waals surface area (Å²) in [5.74, 6) is -1.14. The SMILES string of the molecule is Cc1cccc(C)c1C(=O)Nc1cc(C(=O)O)ccn1. The van der Waals surface area contributed by atoms with Gasteiger partial charge in [-0.1, -0.05) is 18.2 Å². The highest BCUT2D eigenvalue weighted by Gasteiger charge is 2.13. The van der Waals surface area contributed by atoms with E-state index in [1.54, 1.807) is 0 Å². The van der Waals surface area contributed by atoms with Gasteiger partial charge in [-0.25, -0.2) is 9.78 Å². The van der Waals surface area contributed by atoms with Crippen LogP contribution >= 0.6 is 0 Å². The Labute approximate surface area is 116 Å². The van der Waals surface area contributed by atoms with E-state index < -0.39 is 5.97 Å². The van der Waals surface area contributed by atoms with Crippen LogP contribution in [0.4, 0.5) is 5.82 Å². The Kier molecular flexibility index (Phi) is 3.79. The second-order valence-corrected chi connectivity index (χ2v) is 4.46. The van der Waals surface area contributed by atoms with Gasteiger partial charge in [-0.2, -0.15) is 0 Å². The van der Waals surface area contributed by atoms with E-state index in [9.17, 15) is 9.59 Å². The van der Waals surface area contributed by atoms with Crippen molar-refractivity contribution in [2.75, 3.05) is 5.32 Å². The minimum Gasteiger partial charge on any atom is -0.478 e. The third-order valence-electron chi connectivity index (χ3n) is 2.96. The number of anilines is 1. The van der Waals surface area contributed by atoms with Gasteiger partial charge in [0.2, 0.25) is 0 Å². The minimum absolute atomic E-state index is 0.0804. The van der Waals surface area contributed by atoms with Gasteiger partial charge in [-0.3, -0.25) is 4.79 Å². The molecule has 0 saturated carbocycles. The lowest BCUT2D eigenvalue weighted by Crippen LogP contribution is -2.16. The van der Waals surface area contributed by atoms with E-state index in [-0.39, 0.29) is 17.3 Å². The van der Waals surface area contributed by atoms with Gasteiger partial charge in [-0.05, 0) is 37.1 Å². The first kappa shape index (κ1) is 13.7. The number of rotatable bonds is 3. The maximum atomic E-state index is 12.2. The van der Waals surface area contributed by atoms with Crippen molar-refractivity contribution in [1.82, 2.24) is 4.98 Å². The predicted molar refractivity (Wildman–Crippen MR) is 75.1 cm³/mol. The van der Waals surface area contributed by atoms with Gasteiger partial charge >= 0.3 is 5.97 Å². The average molecular weight is 270 g/mol. The maximum absolute atomic E-state index is 12.2. The average Bonchev–Trinajstić information content (AvgIpc) is 2.38. The predicted octanol–water partition coefficient (Wildman–Crippen LogP) is 2.65. The third kappa shape index (κ3) is 2.83. The summed E-state index contributed by atoms with van der Waals surface area (Å²) in [6.45, 7) is 3.70. The summed E-state index contributed by atoms with van der Waals surface area (Å²) in [5, 5.41) is 11.5. The molecular formula is C15H14N2O3. The molecule has 2 N–H and O–H groups in total. The summed E-state index contributed by atoms with van der Waals surface area (Å²) < 4.78 is 0. The second kappa shape index (κ2) is 5.52. The number of aromatic carboxylic acids is 1. The molecule has 0 aliphatic carbocycles. The highest BCUT2D eigenvalue weighted by atomic mass is 16.4. The lowest BCUT2D eigenvalue weighted by atomic mass is 10.0. The number of carboxylic acid groups (broad SMARTS) is 1. The summed E-state index contributed by atoms with van der Waals surface area (Å²) in [4.78, 5) is 27.1. The van der Waals surface area contributed by atoms with Crippen molar-refractivity contribution in [2.45, 2.75) is 13.8 Å². The molecule has 0 fully saturated rings. The molecule has 0 saturated heterocycles. The van der Waals surface area contributed by atoms with Gasteiger partial charge in [0.25, 0.3) is 5.91 Å². The first-order chi connectivity index (χ1) is 9.49. The molecule has 0 radical (unpaired) electrons. The standard InChI is InChI=1S/C15H14N2O3/c1-9-4-3-5-10(2)13(9)14(18)17-12-8-11(15(19)20)6-7-16-12/h3-8H,1-2H3,(H,19,20)(H,16,17,18). The molecule has 1 aromatic carbocycles. The quantitative estimate of drug-likeness (QED) is 0.898. The molecule has 0 bridgehead atoms. The number of carbonyl (C=O) groups is 2. The highest BCUT2D eigenvalue weighted by molar-refractivity contribution is 6.06. The van der Waals surface area contributed by atoms with Crippen molar-refractivity contribution in [3.05, 3.63) is 58.8 Å². The summed E-state index contributed by atoms with van der Waals surface area (Å²) in [6.07, 6.45) is 1.35. The molecule has 2 aromatic rings. The lowest BCUT2D eigenvalue weighted by Gasteiger charge is -2.10. The molecule has 0 atom stereocenters. The van der Waals surface area contributed by atoms with Gasteiger partial charge in [0.05, 0.1) is 5.56 Å². The fourth-order valence-corrected chi connectivity index (χ4v) is 1.98. The zero-order valence-electron chi connectivity index (χ0n) is 11.2. The molecule has 20 heavy (non-hydrogen) atoms. The molecule has 0 spiro atoms. The van der Waals surface area contributed by atoms with Crippen LogP contribution in [0.3, 0.4) is 0 Å². The Balaban J connectivity index is 2.28. The van der Waals surface area contributed by atoms with E-state index in [0.29, 0.717) is 5.56 Å². The molecule has 1 amide bonds. The van der Waals surface area contributed by atoms with E-state index in [4.69, 9.17) is 5.11 Å². The fraction of sp³-hybridized carbons (Fsp3) is 0.133. The molecule has 5 nitrogen and oxygen atoms in total. The topological polar surface area (TPSA) is 79.3 Å². The van der Waals surface area contributed by atoms with E-state index in [0.717, 1.165) is 11.1 Å². The van der Waals surface area contributed by atoms with Gasteiger partial charge in [0.1, 0.15) is 5.82 Å². The number of carbonyl (C=O) groups excluding carboxylic acids is 1. The summed E-state index contributed by atoms with van der Waals surface area (Å²) in [5.41, 5.74) is 2.38. The summed E-state index contributed by atoms with van der Waals surface area (Å²) in [7, 11) is 0. The normalized spacial score (nSPS) is 10.1. The Morgan fingerprint density at radius 3 is 2.40 bits per heavy atom. The molecule has 5 heteroatoms. The number of nitrogens with one attached hydrogen (secondary N) is 1. The van der Waals surface area contributed by atoms with Crippen LogP contribution in [0, 0.1) is 13.8 Å². The third-order valence-corrected chi connectivity index (χ3v) is 2.96. The van der Waals surface area contributed by atoms with Crippen LogP contribution < -0.4 is 5.32 Å². The van der Waals surface area contributed by atoms with Crippen molar-refractivity contribution in [1.29, 1.82) is 0 Å². The van der Waals surface area contributed by atoms with Crippen molar-refractivity contribution in [3.8, 4) is 0 Å². The molecule has 1 heterocycles. The van der Waals surface area contributed by atoms with Crippen LogP contribution in [0.15, 0.2) is 36.5 Å². The fourth-order valence-electron chi connectivity index (χ4n) is 1.98. The maximum Gasteiger partial charge on any atom is 0.335 e. The van der Waals surface area contributed by atoms with E-state index >= 15 is 0 Å². The van der Waals surface area contributed by atoms with Crippen LogP contribution in [-0.2, 0) is 0 Å². The monoisotopic (exact) mass is 270 g/mol. The first-order valence-electron chi connectivity index (χ1n) is 6.06. The number of aryl methyl sites for hydroxylation is 2. The van der Waals surface area contributed by atoms with Crippen molar-refractivity contribution in [2.24, 2.45) is 0 Å². The van der Waals surface area contributed by atoms with E-state index in [1.807, 2.05) is 32.0 Å². The zero-order chi connectivity index (χ0) is 14.7. The van der Waals surface area contributed by atoms with Gasteiger partial charge < -0.3 is 10.4 Å². The molecule has 0 aliphatic heterocycles. The van der Waals surface area contributed by atoms with E-state index in [1.165, 1.54) is 18.3 Å². The molecule has 0 unspecified atom stereocenters. The second-order valence-electron chi connectivity index (χ2n) is 4.46. The van der Waals surface area contributed by atoms with E-state index in [2.05, 4.69) is 10.3 Å². The Bertz CT molecular complexity index is 660. The number of amides is 1. The van der Waals surface area contributed by atoms with Crippen molar-refractivity contribution < 1.29 is 14.7 Å².